The lowest BCUT2D eigenvalue weighted by molar-refractivity contribution is -0.124. The number of benzene rings is 2. The third-order valence-corrected chi connectivity index (χ3v) is 3.98. The molecule has 0 aliphatic carbocycles. The predicted octanol–water partition coefficient (Wildman–Crippen LogP) is 2.81. The third-order valence-electron chi connectivity index (χ3n) is 3.98. The number of carbonyl (C=O) groups excluding carboxylic acids is 1. The number of nitrogens with one attached hydrogen (secondary N) is 2. The molecule has 0 spiro atoms. The molecule has 1 unspecified atom stereocenters. The third kappa shape index (κ3) is 6.87. The molecule has 28 heavy (non-hydrogen) atoms. The van der Waals surface area contributed by atoms with Gasteiger partial charge in [0.2, 0.25) is 0 Å². The summed E-state index contributed by atoms with van der Waals surface area (Å²) >= 11 is 0. The van der Waals surface area contributed by atoms with Crippen molar-refractivity contribution in [3.63, 3.8) is 0 Å². The topological polar surface area (TPSA) is 79.8 Å². The van der Waals surface area contributed by atoms with Crippen molar-refractivity contribution >= 4 is 5.91 Å². The fourth-order valence-electron chi connectivity index (χ4n) is 2.75. The van der Waals surface area contributed by atoms with Crippen molar-refractivity contribution in [3.8, 4) is 11.5 Å². The SMILES string of the molecule is COc1cccc(CNCC(O)c2ccccc2)c1OCC(=O)NC(C)(C)C. The predicted molar refractivity (Wildman–Crippen MR) is 109 cm³/mol. The van der Waals surface area contributed by atoms with E-state index in [4.69, 9.17) is 9.47 Å². The molecule has 2 rings (SSSR count). The second-order valence-electron chi connectivity index (χ2n) is 7.59. The number of para-hydroxylation sites is 1. The van der Waals surface area contributed by atoms with Crippen LogP contribution in [0.4, 0.5) is 0 Å². The molecule has 6 nitrogen and oxygen atoms in total. The molecule has 6 heteroatoms. The van der Waals surface area contributed by atoms with Gasteiger partial charge in [0, 0.05) is 24.2 Å². The highest BCUT2D eigenvalue weighted by Gasteiger charge is 2.17. The second-order valence-corrected chi connectivity index (χ2v) is 7.59. The second kappa shape index (κ2) is 10.1. The van der Waals surface area contributed by atoms with Crippen molar-refractivity contribution in [1.82, 2.24) is 10.6 Å². The molecule has 2 aromatic carbocycles. The van der Waals surface area contributed by atoms with Crippen LogP contribution in [0.25, 0.3) is 0 Å². The van der Waals surface area contributed by atoms with Crippen molar-refractivity contribution < 1.29 is 19.4 Å². The molecule has 0 aliphatic rings. The number of methoxy groups -OCH3 is 1. The number of aliphatic hydroxyl groups is 1. The lowest BCUT2D eigenvalue weighted by atomic mass is 10.1. The van der Waals surface area contributed by atoms with Crippen molar-refractivity contribution in [2.45, 2.75) is 39.0 Å². The smallest absolute Gasteiger partial charge is 0.258 e. The molecule has 1 amide bonds. The Hall–Kier alpha value is -2.57. The first-order valence-corrected chi connectivity index (χ1v) is 9.33. The van der Waals surface area contributed by atoms with E-state index in [-0.39, 0.29) is 18.1 Å². The van der Waals surface area contributed by atoms with Gasteiger partial charge in [-0.05, 0) is 32.4 Å². The number of hydrogen-bond acceptors (Lipinski definition) is 5. The first-order chi connectivity index (χ1) is 13.3. The van der Waals surface area contributed by atoms with Gasteiger partial charge in [-0.2, -0.15) is 0 Å². The minimum Gasteiger partial charge on any atom is -0.493 e. The van der Waals surface area contributed by atoms with Crippen LogP contribution in [-0.4, -0.2) is 36.8 Å². The highest BCUT2D eigenvalue weighted by molar-refractivity contribution is 5.78. The molecular formula is C22H30N2O4. The monoisotopic (exact) mass is 386 g/mol. The van der Waals surface area contributed by atoms with E-state index in [2.05, 4.69) is 10.6 Å². The summed E-state index contributed by atoms with van der Waals surface area (Å²) in [4.78, 5) is 12.1. The lowest BCUT2D eigenvalue weighted by Crippen LogP contribution is -2.43. The van der Waals surface area contributed by atoms with Gasteiger partial charge >= 0.3 is 0 Å². The van der Waals surface area contributed by atoms with Gasteiger partial charge < -0.3 is 25.2 Å². The Labute approximate surface area is 166 Å². The average Bonchev–Trinajstić information content (AvgIpc) is 2.65. The van der Waals surface area contributed by atoms with E-state index < -0.39 is 6.10 Å². The lowest BCUT2D eigenvalue weighted by Gasteiger charge is -2.21. The normalized spacial score (nSPS) is 12.3. The number of ether oxygens (including phenoxy) is 2. The Kier molecular flexibility index (Phi) is 7.84. The van der Waals surface area contributed by atoms with Crippen molar-refractivity contribution in [2.75, 3.05) is 20.3 Å². The zero-order valence-corrected chi connectivity index (χ0v) is 17.0. The van der Waals surface area contributed by atoms with Gasteiger partial charge in [0.1, 0.15) is 0 Å². The van der Waals surface area contributed by atoms with Crippen LogP contribution in [0.2, 0.25) is 0 Å². The minimum atomic E-state index is -0.603. The molecule has 1 atom stereocenters. The number of rotatable bonds is 9. The highest BCUT2D eigenvalue weighted by Crippen LogP contribution is 2.31. The first kappa shape index (κ1) is 21.7. The quantitative estimate of drug-likeness (QED) is 0.618. The van der Waals surface area contributed by atoms with Crippen LogP contribution in [-0.2, 0) is 11.3 Å². The van der Waals surface area contributed by atoms with E-state index in [1.54, 1.807) is 13.2 Å². The zero-order chi connectivity index (χ0) is 20.6. The van der Waals surface area contributed by atoms with Crippen LogP contribution in [0.15, 0.2) is 48.5 Å². The average molecular weight is 386 g/mol. The molecule has 0 heterocycles. The van der Waals surface area contributed by atoms with Crippen molar-refractivity contribution in [3.05, 3.63) is 59.7 Å². The van der Waals surface area contributed by atoms with Gasteiger partial charge in [-0.1, -0.05) is 42.5 Å². The molecule has 0 fully saturated rings. The van der Waals surface area contributed by atoms with E-state index in [0.29, 0.717) is 24.6 Å². The number of hydrogen-bond donors (Lipinski definition) is 3. The highest BCUT2D eigenvalue weighted by atomic mass is 16.5. The Morgan fingerprint density at radius 2 is 1.82 bits per heavy atom. The summed E-state index contributed by atoms with van der Waals surface area (Å²) in [5.74, 6) is 0.888. The largest absolute Gasteiger partial charge is 0.493 e. The van der Waals surface area contributed by atoms with Crippen molar-refractivity contribution in [2.24, 2.45) is 0 Å². The number of carbonyl (C=O) groups is 1. The molecule has 0 aliphatic heterocycles. The molecule has 2 aromatic rings. The zero-order valence-electron chi connectivity index (χ0n) is 17.0. The van der Waals surface area contributed by atoms with Crippen LogP contribution >= 0.6 is 0 Å². The molecule has 3 N–H and O–H groups in total. The summed E-state index contributed by atoms with van der Waals surface area (Å²) in [6.07, 6.45) is -0.603. The van der Waals surface area contributed by atoms with Crippen LogP contribution in [0.5, 0.6) is 11.5 Å². The maximum absolute atomic E-state index is 12.1. The Morgan fingerprint density at radius 1 is 1.11 bits per heavy atom. The Balaban J connectivity index is 1.99. The summed E-state index contributed by atoms with van der Waals surface area (Å²) < 4.78 is 11.2. The van der Waals surface area contributed by atoms with Crippen LogP contribution in [0.1, 0.15) is 38.0 Å². The summed E-state index contributed by atoms with van der Waals surface area (Å²) in [5.41, 5.74) is 1.39. The van der Waals surface area contributed by atoms with Gasteiger partial charge in [-0.15, -0.1) is 0 Å². The summed E-state index contributed by atoms with van der Waals surface area (Å²) in [6, 6.07) is 15.1. The van der Waals surface area contributed by atoms with Crippen LogP contribution < -0.4 is 20.1 Å². The molecular weight excluding hydrogens is 356 g/mol. The summed E-state index contributed by atoms with van der Waals surface area (Å²) in [7, 11) is 1.56. The molecule has 0 radical (unpaired) electrons. The number of amides is 1. The van der Waals surface area contributed by atoms with E-state index >= 15 is 0 Å². The van der Waals surface area contributed by atoms with Gasteiger partial charge in [0.25, 0.3) is 5.91 Å². The summed E-state index contributed by atoms with van der Waals surface area (Å²) in [6.45, 7) is 6.52. The molecule has 0 aromatic heterocycles. The van der Waals surface area contributed by atoms with Gasteiger partial charge in [0.05, 0.1) is 13.2 Å². The fourth-order valence-corrected chi connectivity index (χ4v) is 2.75. The van der Waals surface area contributed by atoms with Gasteiger partial charge in [-0.3, -0.25) is 4.79 Å². The van der Waals surface area contributed by atoms with Gasteiger partial charge in [0.15, 0.2) is 18.1 Å². The number of aliphatic hydroxyl groups excluding tert-OH is 1. The molecule has 0 bridgehead atoms. The molecule has 152 valence electrons. The van der Waals surface area contributed by atoms with E-state index in [1.165, 1.54) is 0 Å². The standard InChI is InChI=1S/C22H30N2O4/c1-22(2,3)24-20(26)15-28-21-17(11-8-12-19(21)27-4)13-23-14-18(25)16-9-6-5-7-10-16/h5-12,18,23,25H,13-15H2,1-4H3,(H,24,26). The summed E-state index contributed by atoms with van der Waals surface area (Å²) in [5, 5.41) is 16.4. The fraction of sp³-hybridized carbons (Fsp3) is 0.409. The molecule has 0 saturated heterocycles. The van der Waals surface area contributed by atoms with E-state index in [1.807, 2.05) is 63.2 Å². The Morgan fingerprint density at radius 3 is 2.46 bits per heavy atom. The minimum absolute atomic E-state index is 0.0999. The van der Waals surface area contributed by atoms with Crippen LogP contribution in [0.3, 0.4) is 0 Å². The maximum atomic E-state index is 12.1. The van der Waals surface area contributed by atoms with Crippen LogP contribution in [0, 0.1) is 0 Å². The Bertz CT molecular complexity index is 757. The van der Waals surface area contributed by atoms with E-state index in [9.17, 15) is 9.90 Å². The molecule has 0 saturated carbocycles. The van der Waals surface area contributed by atoms with E-state index in [0.717, 1.165) is 11.1 Å². The first-order valence-electron chi connectivity index (χ1n) is 9.33. The van der Waals surface area contributed by atoms with Gasteiger partial charge in [-0.25, -0.2) is 0 Å². The van der Waals surface area contributed by atoms with Crippen molar-refractivity contribution in [1.29, 1.82) is 0 Å². The maximum Gasteiger partial charge on any atom is 0.258 e.